The van der Waals surface area contributed by atoms with Crippen molar-refractivity contribution >= 4 is 17.5 Å². The summed E-state index contributed by atoms with van der Waals surface area (Å²) < 4.78 is 51.4. The Balaban J connectivity index is 2.15. The van der Waals surface area contributed by atoms with Crippen molar-refractivity contribution in [3.05, 3.63) is 47.5 Å². The van der Waals surface area contributed by atoms with Crippen molar-refractivity contribution in [3.8, 4) is 11.5 Å². The minimum atomic E-state index is -4.54. The molecule has 0 spiro atoms. The fourth-order valence-corrected chi connectivity index (χ4v) is 3.00. The number of nitrogen functional groups attached to an aromatic ring is 1. The number of alkyl halides is 3. The SMILES string of the molecule is CCCCc1cc(N)ccc1Oc1cc(NCCNC(=O)OC(C)(C)C)cc(C(F)(F)F)c1. The monoisotopic (exact) mass is 467 g/mol. The topological polar surface area (TPSA) is 85.6 Å². The van der Waals surface area contributed by atoms with Gasteiger partial charge in [0.15, 0.2) is 0 Å². The predicted molar refractivity (Wildman–Crippen MR) is 124 cm³/mol. The number of amides is 1. The maximum Gasteiger partial charge on any atom is 0.416 e. The maximum absolute atomic E-state index is 13.5. The molecule has 0 aliphatic carbocycles. The van der Waals surface area contributed by atoms with Crippen LogP contribution in [0.25, 0.3) is 0 Å². The second kappa shape index (κ2) is 11.2. The second-order valence-corrected chi connectivity index (χ2v) is 8.67. The quantitative estimate of drug-likeness (QED) is 0.295. The average Bonchev–Trinajstić information content (AvgIpc) is 2.69. The molecular formula is C24H32F3N3O3. The number of ether oxygens (including phenoxy) is 2. The van der Waals surface area contributed by atoms with Gasteiger partial charge in [0.25, 0.3) is 0 Å². The number of aryl methyl sites for hydroxylation is 1. The number of carbonyl (C=O) groups excluding carboxylic acids is 1. The molecule has 0 aliphatic rings. The summed E-state index contributed by atoms with van der Waals surface area (Å²) in [4.78, 5) is 11.7. The van der Waals surface area contributed by atoms with E-state index in [-0.39, 0.29) is 24.5 Å². The fraction of sp³-hybridized carbons (Fsp3) is 0.458. The van der Waals surface area contributed by atoms with Crippen molar-refractivity contribution in [2.24, 2.45) is 0 Å². The van der Waals surface area contributed by atoms with Crippen molar-refractivity contribution < 1.29 is 27.4 Å². The fourth-order valence-electron chi connectivity index (χ4n) is 3.00. The first-order chi connectivity index (χ1) is 15.4. The number of nitrogens with one attached hydrogen (secondary N) is 2. The maximum atomic E-state index is 13.5. The van der Waals surface area contributed by atoms with Crippen molar-refractivity contribution in [2.45, 2.75) is 58.7 Å². The molecule has 0 fully saturated rings. The van der Waals surface area contributed by atoms with Crippen LogP contribution >= 0.6 is 0 Å². The lowest BCUT2D eigenvalue weighted by Gasteiger charge is -2.20. The van der Waals surface area contributed by atoms with Crippen molar-refractivity contribution in [1.29, 1.82) is 0 Å². The minimum absolute atomic E-state index is 0.0509. The Morgan fingerprint density at radius 3 is 2.42 bits per heavy atom. The first kappa shape index (κ1) is 26.2. The highest BCUT2D eigenvalue weighted by molar-refractivity contribution is 5.67. The van der Waals surface area contributed by atoms with Crippen LogP contribution < -0.4 is 21.1 Å². The number of carbonyl (C=O) groups is 1. The molecule has 0 atom stereocenters. The Labute approximate surface area is 192 Å². The molecule has 4 N–H and O–H groups in total. The third-order valence-electron chi connectivity index (χ3n) is 4.47. The van der Waals surface area contributed by atoms with E-state index in [1.807, 2.05) is 0 Å². The second-order valence-electron chi connectivity index (χ2n) is 8.67. The molecule has 0 bridgehead atoms. The van der Waals surface area contributed by atoms with Gasteiger partial charge in [-0.05, 0) is 69.5 Å². The van der Waals surface area contributed by atoms with Gasteiger partial charge in [-0.15, -0.1) is 0 Å². The van der Waals surface area contributed by atoms with Crippen LogP contribution in [0.3, 0.4) is 0 Å². The number of benzene rings is 2. The van der Waals surface area contributed by atoms with Crippen molar-refractivity contribution in [3.63, 3.8) is 0 Å². The Morgan fingerprint density at radius 1 is 1.06 bits per heavy atom. The van der Waals surface area contributed by atoms with E-state index in [0.29, 0.717) is 17.9 Å². The number of hydrogen-bond donors (Lipinski definition) is 3. The van der Waals surface area contributed by atoms with E-state index >= 15 is 0 Å². The Hall–Kier alpha value is -3.10. The molecule has 0 saturated carbocycles. The molecule has 1 amide bonds. The summed E-state index contributed by atoms with van der Waals surface area (Å²) in [5, 5.41) is 5.44. The van der Waals surface area contributed by atoms with Crippen LogP contribution in [0.5, 0.6) is 11.5 Å². The number of anilines is 2. The van der Waals surface area contributed by atoms with Gasteiger partial charge in [-0.25, -0.2) is 4.79 Å². The molecule has 182 valence electrons. The van der Waals surface area contributed by atoms with Crippen LogP contribution in [0.4, 0.5) is 29.3 Å². The van der Waals surface area contributed by atoms with Crippen molar-refractivity contribution in [1.82, 2.24) is 5.32 Å². The number of alkyl carbamates (subject to hydrolysis) is 1. The minimum Gasteiger partial charge on any atom is -0.457 e. The lowest BCUT2D eigenvalue weighted by Crippen LogP contribution is -2.35. The van der Waals surface area contributed by atoms with Crippen LogP contribution in [0.15, 0.2) is 36.4 Å². The smallest absolute Gasteiger partial charge is 0.416 e. The summed E-state index contributed by atoms with van der Waals surface area (Å²) in [6.07, 6.45) is -2.57. The van der Waals surface area contributed by atoms with Crippen LogP contribution in [0, 0.1) is 0 Å². The van der Waals surface area contributed by atoms with Crippen molar-refractivity contribution in [2.75, 3.05) is 24.1 Å². The molecule has 0 aliphatic heterocycles. The highest BCUT2D eigenvalue weighted by Gasteiger charge is 2.31. The van der Waals surface area contributed by atoms with Gasteiger partial charge in [-0.1, -0.05) is 13.3 Å². The van der Waals surface area contributed by atoms with Crippen LogP contribution in [0.2, 0.25) is 0 Å². The van der Waals surface area contributed by atoms with Gasteiger partial charge in [0.05, 0.1) is 5.56 Å². The summed E-state index contributed by atoms with van der Waals surface area (Å²) in [7, 11) is 0. The first-order valence-corrected chi connectivity index (χ1v) is 10.9. The molecule has 2 aromatic carbocycles. The molecule has 0 unspecified atom stereocenters. The largest absolute Gasteiger partial charge is 0.457 e. The molecule has 6 nitrogen and oxygen atoms in total. The Morgan fingerprint density at radius 2 is 1.79 bits per heavy atom. The zero-order chi connectivity index (χ0) is 24.6. The normalized spacial score (nSPS) is 11.7. The third kappa shape index (κ3) is 9.11. The standard InChI is InChI=1S/C24H32F3N3O3/c1-5-6-7-16-12-18(28)8-9-21(16)32-20-14-17(24(25,26)27)13-19(15-20)29-10-11-30-22(31)33-23(2,3)4/h8-9,12-15,29H,5-7,10-11,28H2,1-4H3,(H,30,31). The summed E-state index contributed by atoms with van der Waals surface area (Å²) in [5.41, 5.74) is 6.02. The lowest BCUT2D eigenvalue weighted by atomic mass is 10.1. The molecule has 0 saturated heterocycles. The van der Waals surface area contributed by atoms with Crippen LogP contribution in [0.1, 0.15) is 51.7 Å². The summed E-state index contributed by atoms with van der Waals surface area (Å²) >= 11 is 0. The zero-order valence-corrected chi connectivity index (χ0v) is 19.4. The van der Waals surface area contributed by atoms with E-state index in [1.54, 1.807) is 39.0 Å². The number of rotatable bonds is 9. The van der Waals surface area contributed by atoms with E-state index in [4.69, 9.17) is 15.2 Å². The van der Waals surface area contributed by atoms with Crippen LogP contribution in [-0.4, -0.2) is 24.8 Å². The third-order valence-corrected chi connectivity index (χ3v) is 4.47. The molecule has 0 aromatic heterocycles. The highest BCUT2D eigenvalue weighted by Crippen LogP contribution is 2.36. The van der Waals surface area contributed by atoms with Gasteiger partial charge in [-0.3, -0.25) is 0 Å². The van der Waals surface area contributed by atoms with Gasteiger partial charge in [0.1, 0.15) is 17.1 Å². The summed E-state index contributed by atoms with van der Waals surface area (Å²) in [6, 6.07) is 8.55. The van der Waals surface area contributed by atoms with E-state index in [9.17, 15) is 18.0 Å². The lowest BCUT2D eigenvalue weighted by molar-refractivity contribution is -0.137. The van der Waals surface area contributed by atoms with Gasteiger partial charge in [0.2, 0.25) is 0 Å². The summed E-state index contributed by atoms with van der Waals surface area (Å²) in [6.45, 7) is 7.64. The van der Waals surface area contributed by atoms with E-state index in [2.05, 4.69) is 17.6 Å². The predicted octanol–water partition coefficient (Wildman–Crippen LogP) is 6.36. The molecule has 33 heavy (non-hydrogen) atoms. The zero-order valence-electron chi connectivity index (χ0n) is 19.4. The summed E-state index contributed by atoms with van der Waals surface area (Å²) in [5.74, 6) is 0.518. The number of unbranched alkanes of at least 4 members (excludes halogenated alkanes) is 1. The highest BCUT2D eigenvalue weighted by atomic mass is 19.4. The molecule has 0 heterocycles. The molecule has 2 rings (SSSR count). The molecule has 9 heteroatoms. The van der Waals surface area contributed by atoms with Gasteiger partial charge in [-0.2, -0.15) is 13.2 Å². The molecule has 0 radical (unpaired) electrons. The number of nitrogens with two attached hydrogens (primary N) is 1. The Kier molecular flexibility index (Phi) is 8.84. The van der Waals surface area contributed by atoms with Gasteiger partial charge >= 0.3 is 12.3 Å². The Bertz CT molecular complexity index is 941. The molecule has 2 aromatic rings. The van der Waals surface area contributed by atoms with E-state index in [0.717, 1.165) is 30.5 Å². The average molecular weight is 468 g/mol. The van der Waals surface area contributed by atoms with E-state index < -0.39 is 23.4 Å². The van der Waals surface area contributed by atoms with Gasteiger partial charge < -0.3 is 25.8 Å². The van der Waals surface area contributed by atoms with Gasteiger partial charge in [0, 0.05) is 30.5 Å². The number of hydrogen-bond acceptors (Lipinski definition) is 5. The molecular weight excluding hydrogens is 435 g/mol. The van der Waals surface area contributed by atoms with Crippen LogP contribution in [-0.2, 0) is 17.3 Å². The first-order valence-electron chi connectivity index (χ1n) is 10.9. The number of halogens is 3. The van der Waals surface area contributed by atoms with E-state index in [1.165, 1.54) is 6.07 Å².